The van der Waals surface area contributed by atoms with Crippen LogP contribution in [0.5, 0.6) is 17.2 Å². The molecule has 0 aliphatic heterocycles. The predicted molar refractivity (Wildman–Crippen MR) is 147 cm³/mol. The summed E-state index contributed by atoms with van der Waals surface area (Å²) in [5, 5.41) is 10.7. The Labute approximate surface area is 223 Å². The fourth-order valence-electron chi connectivity index (χ4n) is 3.83. The third kappa shape index (κ3) is 7.59. The molecule has 0 unspecified atom stereocenters. The maximum atomic E-state index is 10.0. The Kier molecular flexibility index (Phi) is 9.60. The van der Waals surface area contributed by atoms with Gasteiger partial charge in [0.05, 0.1) is 11.8 Å². The van der Waals surface area contributed by atoms with Crippen LogP contribution in [-0.4, -0.2) is 34.0 Å². The average Bonchev–Trinajstić information content (AvgIpc) is 3.35. The van der Waals surface area contributed by atoms with E-state index in [1.807, 2.05) is 78.4 Å². The number of aromatic nitrogens is 2. The molecule has 0 saturated carbocycles. The van der Waals surface area contributed by atoms with Crippen LogP contribution in [0.2, 0.25) is 5.02 Å². The van der Waals surface area contributed by atoms with Gasteiger partial charge in [0.15, 0.2) is 0 Å². The van der Waals surface area contributed by atoms with Gasteiger partial charge in [-0.05, 0) is 86.1 Å². The largest absolute Gasteiger partial charge is 0.491 e. The van der Waals surface area contributed by atoms with E-state index < -0.39 is 6.10 Å². The van der Waals surface area contributed by atoms with Crippen molar-refractivity contribution in [2.24, 2.45) is 0 Å². The second-order valence-corrected chi connectivity index (χ2v) is 9.17. The lowest BCUT2D eigenvalue weighted by atomic mass is 10.1. The summed E-state index contributed by atoms with van der Waals surface area (Å²) in [7, 11) is 0. The first-order chi connectivity index (χ1) is 18.1. The third-order valence-electron chi connectivity index (χ3n) is 5.86. The van der Waals surface area contributed by atoms with Gasteiger partial charge in [0, 0.05) is 29.1 Å². The summed E-state index contributed by atoms with van der Waals surface area (Å²) < 4.78 is 19.4. The minimum Gasteiger partial charge on any atom is -0.491 e. The number of aliphatic hydroxyl groups is 1. The number of hydrogen-bond acceptors (Lipinski definition) is 5. The molecule has 0 saturated heterocycles. The van der Waals surface area contributed by atoms with Crippen LogP contribution in [0.3, 0.4) is 0 Å². The lowest BCUT2D eigenvalue weighted by Gasteiger charge is -2.12. The zero-order chi connectivity index (χ0) is 26.0. The second-order valence-electron chi connectivity index (χ2n) is 8.73. The maximum absolute atomic E-state index is 10.0. The monoisotopic (exact) mass is 520 g/mol. The summed E-state index contributed by atoms with van der Waals surface area (Å²) in [5.41, 5.74) is 2.77. The number of hydrogen-bond donors (Lipinski definition) is 1. The van der Waals surface area contributed by atoms with Gasteiger partial charge in [0.1, 0.15) is 36.3 Å². The molecule has 37 heavy (non-hydrogen) atoms. The SMILES string of the molecule is CCCC[C@@H](O)COc1ccc(-c2cn(-c3ccc(Oc4ccc(Cl)cc4)cc3)c(COCC)n2)cc1. The summed E-state index contributed by atoms with van der Waals surface area (Å²) in [6.45, 7) is 5.38. The van der Waals surface area contributed by atoms with E-state index in [0.717, 1.165) is 59.3 Å². The van der Waals surface area contributed by atoms with Crippen LogP contribution < -0.4 is 9.47 Å². The first-order valence-corrected chi connectivity index (χ1v) is 13.0. The average molecular weight is 521 g/mol. The minimum absolute atomic E-state index is 0.296. The standard InChI is InChI=1S/C30H33ClN2O4/c1-3-5-6-25(34)20-36-26-13-7-22(8-14-26)29-19-33(30(32-29)21-35-4-2)24-11-17-28(18-12-24)37-27-15-9-23(31)10-16-27/h7-19,25,34H,3-6,20-21H2,1-2H3/t25-/m1/s1. The van der Waals surface area contributed by atoms with Crippen LogP contribution in [0.1, 0.15) is 38.9 Å². The molecule has 4 rings (SSSR count). The van der Waals surface area contributed by atoms with Crippen molar-refractivity contribution in [3.63, 3.8) is 0 Å². The fraction of sp³-hybridized carbons (Fsp3) is 0.300. The summed E-state index contributed by atoms with van der Waals surface area (Å²) in [6.07, 6.45) is 4.37. The van der Waals surface area contributed by atoms with Crippen LogP contribution in [-0.2, 0) is 11.3 Å². The maximum Gasteiger partial charge on any atom is 0.140 e. The summed E-state index contributed by atoms with van der Waals surface area (Å²) >= 11 is 5.96. The van der Waals surface area contributed by atoms with Crippen molar-refractivity contribution in [3.05, 3.63) is 89.8 Å². The van der Waals surface area contributed by atoms with Crippen molar-refractivity contribution in [2.45, 2.75) is 45.8 Å². The van der Waals surface area contributed by atoms with Gasteiger partial charge in [-0.15, -0.1) is 0 Å². The van der Waals surface area contributed by atoms with E-state index in [1.165, 1.54) is 0 Å². The van der Waals surface area contributed by atoms with Crippen molar-refractivity contribution >= 4 is 11.6 Å². The highest BCUT2D eigenvalue weighted by Gasteiger charge is 2.13. The van der Waals surface area contributed by atoms with E-state index in [2.05, 4.69) is 6.92 Å². The number of halogens is 1. The molecular weight excluding hydrogens is 488 g/mol. The third-order valence-corrected chi connectivity index (χ3v) is 6.11. The molecule has 3 aromatic carbocycles. The molecule has 6 nitrogen and oxygen atoms in total. The van der Waals surface area contributed by atoms with Gasteiger partial charge in [0.2, 0.25) is 0 Å². The number of unbranched alkanes of at least 4 members (excludes halogenated alkanes) is 1. The Balaban J connectivity index is 1.48. The first kappa shape index (κ1) is 26.7. The van der Waals surface area contributed by atoms with Gasteiger partial charge in [0.25, 0.3) is 0 Å². The summed E-state index contributed by atoms with van der Waals surface area (Å²) in [6, 6.07) is 22.9. The van der Waals surface area contributed by atoms with E-state index in [1.54, 1.807) is 12.1 Å². The number of ether oxygens (including phenoxy) is 3. The molecule has 0 radical (unpaired) electrons. The van der Waals surface area contributed by atoms with Crippen molar-refractivity contribution < 1.29 is 19.3 Å². The number of nitrogens with zero attached hydrogens (tertiary/aromatic N) is 2. The quantitative estimate of drug-likeness (QED) is 0.198. The molecule has 0 fully saturated rings. The van der Waals surface area contributed by atoms with E-state index in [4.69, 9.17) is 30.8 Å². The molecule has 0 aliphatic rings. The fourth-order valence-corrected chi connectivity index (χ4v) is 3.95. The highest BCUT2D eigenvalue weighted by atomic mass is 35.5. The lowest BCUT2D eigenvalue weighted by molar-refractivity contribution is 0.0980. The molecule has 4 aromatic rings. The first-order valence-electron chi connectivity index (χ1n) is 12.7. The van der Waals surface area contributed by atoms with Crippen LogP contribution in [0.15, 0.2) is 79.0 Å². The van der Waals surface area contributed by atoms with Crippen molar-refractivity contribution in [1.29, 1.82) is 0 Å². The predicted octanol–water partition coefficient (Wildman–Crippen LogP) is 7.45. The molecule has 0 spiro atoms. The highest BCUT2D eigenvalue weighted by molar-refractivity contribution is 6.30. The summed E-state index contributed by atoms with van der Waals surface area (Å²) in [5.74, 6) is 2.99. The molecule has 0 aliphatic carbocycles. The van der Waals surface area contributed by atoms with Gasteiger partial charge in [-0.1, -0.05) is 31.4 Å². The van der Waals surface area contributed by atoms with Crippen LogP contribution >= 0.6 is 11.6 Å². The molecule has 1 atom stereocenters. The minimum atomic E-state index is -0.445. The van der Waals surface area contributed by atoms with Crippen molar-refractivity contribution in [3.8, 4) is 34.2 Å². The molecule has 1 N–H and O–H groups in total. The zero-order valence-corrected chi connectivity index (χ0v) is 22.0. The molecule has 0 bridgehead atoms. The smallest absolute Gasteiger partial charge is 0.140 e. The van der Waals surface area contributed by atoms with Crippen LogP contribution in [0.25, 0.3) is 16.9 Å². The Hall–Kier alpha value is -3.32. The second kappa shape index (κ2) is 13.3. The van der Waals surface area contributed by atoms with Crippen LogP contribution in [0.4, 0.5) is 0 Å². The molecule has 194 valence electrons. The topological polar surface area (TPSA) is 65.7 Å². The van der Waals surface area contributed by atoms with E-state index in [-0.39, 0.29) is 0 Å². The van der Waals surface area contributed by atoms with E-state index in [9.17, 15) is 5.11 Å². The highest BCUT2D eigenvalue weighted by Crippen LogP contribution is 2.27. The number of aliphatic hydroxyl groups excluding tert-OH is 1. The van der Waals surface area contributed by atoms with Gasteiger partial charge in [-0.3, -0.25) is 0 Å². The Morgan fingerprint density at radius 2 is 1.54 bits per heavy atom. The van der Waals surface area contributed by atoms with Crippen molar-refractivity contribution in [1.82, 2.24) is 9.55 Å². The lowest BCUT2D eigenvalue weighted by Crippen LogP contribution is -2.17. The molecular formula is C30H33ClN2O4. The Morgan fingerprint density at radius 3 is 2.19 bits per heavy atom. The normalized spacial score (nSPS) is 11.9. The number of benzene rings is 3. The molecule has 7 heteroatoms. The summed E-state index contributed by atoms with van der Waals surface area (Å²) in [4.78, 5) is 4.84. The van der Waals surface area contributed by atoms with Crippen molar-refractivity contribution in [2.75, 3.05) is 13.2 Å². The molecule has 1 heterocycles. The Bertz CT molecular complexity index is 1240. The van der Waals surface area contributed by atoms with Gasteiger partial charge in [-0.25, -0.2) is 4.98 Å². The molecule has 1 aromatic heterocycles. The molecule has 0 amide bonds. The van der Waals surface area contributed by atoms with Crippen LogP contribution in [0, 0.1) is 0 Å². The number of rotatable bonds is 13. The van der Waals surface area contributed by atoms with Gasteiger partial charge in [-0.2, -0.15) is 0 Å². The van der Waals surface area contributed by atoms with Gasteiger partial charge >= 0.3 is 0 Å². The zero-order valence-electron chi connectivity index (χ0n) is 21.3. The Morgan fingerprint density at radius 1 is 0.892 bits per heavy atom. The van der Waals surface area contributed by atoms with E-state index in [0.29, 0.717) is 24.8 Å². The van der Waals surface area contributed by atoms with E-state index >= 15 is 0 Å². The number of imidazole rings is 1. The van der Waals surface area contributed by atoms with Gasteiger partial charge < -0.3 is 23.9 Å².